The summed E-state index contributed by atoms with van der Waals surface area (Å²) in [5, 5.41) is 0.596. The van der Waals surface area contributed by atoms with E-state index in [4.69, 9.17) is 14.2 Å². The summed E-state index contributed by atoms with van der Waals surface area (Å²) >= 11 is 0. The Bertz CT molecular complexity index is 1760. The van der Waals surface area contributed by atoms with Crippen LogP contribution in [-0.2, 0) is 14.8 Å². The number of pyridine rings is 1. The van der Waals surface area contributed by atoms with Gasteiger partial charge in [0.25, 0.3) is 10.0 Å². The monoisotopic (exact) mass is 528 g/mol. The van der Waals surface area contributed by atoms with Crippen LogP contribution in [0.25, 0.3) is 33.3 Å². The van der Waals surface area contributed by atoms with E-state index in [1.165, 1.54) is 29.4 Å². The summed E-state index contributed by atoms with van der Waals surface area (Å²) in [5.41, 5.74) is 3.41. The zero-order chi connectivity index (χ0) is 26.9. The minimum atomic E-state index is -3.96. The highest BCUT2D eigenvalue weighted by Gasteiger charge is 2.24. The van der Waals surface area contributed by atoms with Gasteiger partial charge in [0.1, 0.15) is 0 Å². The molecule has 8 nitrogen and oxygen atoms in total. The van der Waals surface area contributed by atoms with Gasteiger partial charge >= 0.3 is 5.97 Å². The quantitative estimate of drug-likeness (QED) is 0.261. The third-order valence-electron chi connectivity index (χ3n) is 6.22. The molecule has 0 saturated heterocycles. The lowest BCUT2D eigenvalue weighted by molar-refractivity contribution is 0.0600. The van der Waals surface area contributed by atoms with E-state index < -0.39 is 16.0 Å². The van der Waals surface area contributed by atoms with Crippen molar-refractivity contribution in [2.24, 2.45) is 0 Å². The molecule has 0 unspecified atom stereocenters. The molecule has 38 heavy (non-hydrogen) atoms. The Balaban J connectivity index is 1.76. The van der Waals surface area contributed by atoms with Crippen molar-refractivity contribution in [3.63, 3.8) is 0 Å². The molecule has 5 rings (SSSR count). The van der Waals surface area contributed by atoms with Crippen LogP contribution >= 0.6 is 0 Å². The number of rotatable bonds is 7. The molecule has 9 heteroatoms. The zero-order valence-corrected chi connectivity index (χ0v) is 21.7. The molecule has 0 bridgehead atoms. The molecular formula is C29H24N2O6S. The lowest BCUT2D eigenvalue weighted by Crippen LogP contribution is -2.12. The molecule has 0 saturated carbocycles. The fraction of sp³-hybridized carbons (Fsp3) is 0.103. The summed E-state index contributed by atoms with van der Waals surface area (Å²) in [5.74, 6) is 0.655. The third-order valence-corrected chi connectivity index (χ3v) is 7.89. The van der Waals surface area contributed by atoms with Crippen molar-refractivity contribution >= 4 is 27.0 Å². The van der Waals surface area contributed by atoms with Crippen LogP contribution in [0, 0.1) is 0 Å². The topological polar surface area (TPSA) is 96.7 Å². The summed E-state index contributed by atoms with van der Waals surface area (Å²) in [4.78, 5) is 16.9. The van der Waals surface area contributed by atoms with Gasteiger partial charge in [0, 0.05) is 28.9 Å². The van der Waals surface area contributed by atoms with Crippen LogP contribution in [0.3, 0.4) is 0 Å². The number of fused-ring (bicyclic) bond motifs is 1. The average Bonchev–Trinajstić information content (AvgIpc) is 3.36. The summed E-state index contributed by atoms with van der Waals surface area (Å²) < 4.78 is 44.1. The van der Waals surface area contributed by atoms with Gasteiger partial charge in [-0.25, -0.2) is 22.2 Å². The molecule has 2 heterocycles. The first-order valence-electron chi connectivity index (χ1n) is 11.6. The number of benzene rings is 3. The number of hydrogen-bond donors (Lipinski definition) is 0. The maximum Gasteiger partial charge on any atom is 0.337 e. The second-order valence-corrected chi connectivity index (χ2v) is 10.2. The van der Waals surface area contributed by atoms with Gasteiger partial charge in [-0.2, -0.15) is 0 Å². The van der Waals surface area contributed by atoms with Crippen LogP contribution in [0.5, 0.6) is 11.5 Å². The fourth-order valence-electron chi connectivity index (χ4n) is 4.30. The van der Waals surface area contributed by atoms with Crippen molar-refractivity contribution < 1.29 is 27.4 Å². The van der Waals surface area contributed by atoms with Crippen LogP contribution in [-0.4, -0.2) is 44.7 Å². The van der Waals surface area contributed by atoms with Crippen LogP contribution in [0.15, 0.2) is 96.2 Å². The number of ether oxygens (including phenoxy) is 3. The van der Waals surface area contributed by atoms with E-state index >= 15 is 0 Å². The number of methoxy groups -OCH3 is 3. The van der Waals surface area contributed by atoms with Crippen molar-refractivity contribution in [3.05, 3.63) is 96.8 Å². The maximum absolute atomic E-state index is 13.6. The van der Waals surface area contributed by atoms with E-state index in [1.807, 2.05) is 24.3 Å². The standard InChI is InChI=1S/C29H24N2O6S/c1-35-26-13-12-19(16-27(26)36-2)22-15-24-25(20-8-7-9-21(14-20)29(32)37-3)18-31(28(24)30-17-22)38(33,34)23-10-5-4-6-11-23/h4-18H,1-3H3. The van der Waals surface area contributed by atoms with E-state index in [2.05, 4.69) is 4.98 Å². The number of carbonyl (C=O) groups is 1. The van der Waals surface area contributed by atoms with Gasteiger partial charge < -0.3 is 14.2 Å². The fourth-order valence-corrected chi connectivity index (χ4v) is 5.65. The maximum atomic E-state index is 13.6. The molecule has 192 valence electrons. The number of esters is 1. The van der Waals surface area contributed by atoms with E-state index in [0.29, 0.717) is 33.6 Å². The number of carbonyl (C=O) groups excluding carboxylic acids is 1. The van der Waals surface area contributed by atoms with Crippen molar-refractivity contribution in [1.82, 2.24) is 8.96 Å². The highest BCUT2D eigenvalue weighted by Crippen LogP contribution is 2.37. The largest absolute Gasteiger partial charge is 0.493 e. The van der Waals surface area contributed by atoms with Gasteiger partial charge in [-0.1, -0.05) is 36.4 Å². The van der Waals surface area contributed by atoms with Crippen LogP contribution < -0.4 is 9.47 Å². The highest BCUT2D eigenvalue weighted by atomic mass is 32.2. The van der Waals surface area contributed by atoms with E-state index in [-0.39, 0.29) is 10.5 Å². The van der Waals surface area contributed by atoms with E-state index in [9.17, 15) is 13.2 Å². The van der Waals surface area contributed by atoms with Gasteiger partial charge in [0.15, 0.2) is 17.1 Å². The molecule has 0 aliphatic heterocycles. The van der Waals surface area contributed by atoms with Gasteiger partial charge in [-0.05, 0) is 53.6 Å². The summed E-state index contributed by atoms with van der Waals surface area (Å²) in [6, 6.07) is 22.4. The second kappa shape index (κ2) is 10.0. The van der Waals surface area contributed by atoms with Crippen molar-refractivity contribution in [3.8, 4) is 33.8 Å². The summed E-state index contributed by atoms with van der Waals surface area (Å²) in [6.45, 7) is 0. The summed E-state index contributed by atoms with van der Waals surface area (Å²) in [6.07, 6.45) is 3.16. The SMILES string of the molecule is COC(=O)c1cccc(-c2cn(S(=O)(=O)c3ccccc3)c3ncc(-c4ccc(OC)c(OC)c4)cc23)c1. The van der Waals surface area contributed by atoms with E-state index in [1.54, 1.807) is 62.9 Å². The zero-order valence-electron chi connectivity index (χ0n) is 20.9. The van der Waals surface area contributed by atoms with Crippen LogP contribution in [0.2, 0.25) is 0 Å². The Kier molecular flexibility index (Phi) is 6.61. The van der Waals surface area contributed by atoms with Crippen LogP contribution in [0.1, 0.15) is 10.4 Å². The Morgan fingerprint density at radius 1 is 0.789 bits per heavy atom. The molecule has 0 aliphatic carbocycles. The first kappa shape index (κ1) is 25.0. The molecule has 0 radical (unpaired) electrons. The predicted octanol–water partition coefficient (Wildman–Crippen LogP) is 5.41. The smallest absolute Gasteiger partial charge is 0.337 e. The lowest BCUT2D eigenvalue weighted by atomic mass is 10.0. The second-order valence-electron chi connectivity index (χ2n) is 8.39. The molecule has 3 aromatic carbocycles. The Morgan fingerprint density at radius 3 is 2.26 bits per heavy atom. The molecule has 2 aromatic heterocycles. The van der Waals surface area contributed by atoms with E-state index in [0.717, 1.165) is 11.1 Å². The average molecular weight is 529 g/mol. The van der Waals surface area contributed by atoms with Gasteiger partial charge in [0.2, 0.25) is 0 Å². The molecule has 0 fully saturated rings. The first-order chi connectivity index (χ1) is 18.4. The number of nitrogens with zero attached hydrogens (tertiary/aromatic N) is 2. The molecule has 0 N–H and O–H groups in total. The predicted molar refractivity (Wildman–Crippen MR) is 144 cm³/mol. The summed E-state index contributed by atoms with van der Waals surface area (Å²) in [7, 11) is 0.482. The molecule has 0 spiro atoms. The lowest BCUT2D eigenvalue weighted by Gasteiger charge is -2.10. The van der Waals surface area contributed by atoms with Gasteiger partial charge in [-0.15, -0.1) is 0 Å². The molecular weight excluding hydrogens is 504 g/mol. The van der Waals surface area contributed by atoms with Crippen molar-refractivity contribution in [2.75, 3.05) is 21.3 Å². The first-order valence-corrected chi connectivity index (χ1v) is 13.0. The highest BCUT2D eigenvalue weighted by molar-refractivity contribution is 7.90. The van der Waals surface area contributed by atoms with Crippen molar-refractivity contribution in [1.29, 1.82) is 0 Å². The Morgan fingerprint density at radius 2 is 1.55 bits per heavy atom. The molecule has 0 aliphatic rings. The van der Waals surface area contributed by atoms with Gasteiger partial charge in [-0.3, -0.25) is 0 Å². The molecule has 5 aromatic rings. The number of hydrogen-bond acceptors (Lipinski definition) is 7. The van der Waals surface area contributed by atoms with Gasteiger partial charge in [0.05, 0.1) is 31.8 Å². The number of aromatic nitrogens is 2. The molecule has 0 atom stereocenters. The minimum absolute atomic E-state index is 0.137. The Hall–Kier alpha value is -4.63. The van der Waals surface area contributed by atoms with Crippen molar-refractivity contribution in [2.45, 2.75) is 4.90 Å². The third kappa shape index (κ3) is 4.37. The normalized spacial score (nSPS) is 11.3. The Labute approximate surface area is 220 Å². The molecule has 0 amide bonds. The minimum Gasteiger partial charge on any atom is -0.493 e. The van der Waals surface area contributed by atoms with Crippen LogP contribution in [0.4, 0.5) is 0 Å².